The van der Waals surface area contributed by atoms with E-state index in [0.717, 1.165) is 30.6 Å². The third kappa shape index (κ3) is 3.92. The van der Waals surface area contributed by atoms with Crippen LogP contribution >= 0.6 is 0 Å². The van der Waals surface area contributed by atoms with Crippen molar-refractivity contribution in [2.24, 2.45) is 0 Å². The molecule has 0 saturated heterocycles. The lowest BCUT2D eigenvalue weighted by atomic mass is 10.0. The first-order valence-electron chi connectivity index (χ1n) is 5.28. The van der Waals surface area contributed by atoms with Crippen molar-refractivity contribution < 1.29 is 9.84 Å². The zero-order chi connectivity index (χ0) is 11.3. The van der Waals surface area contributed by atoms with Crippen molar-refractivity contribution in [1.29, 1.82) is 0 Å². The van der Waals surface area contributed by atoms with Crippen molar-refractivity contribution in [3.63, 3.8) is 0 Å². The Morgan fingerprint density at radius 2 is 2.20 bits per heavy atom. The number of rotatable bonds is 5. The van der Waals surface area contributed by atoms with Gasteiger partial charge in [-0.1, -0.05) is 6.07 Å². The van der Waals surface area contributed by atoms with E-state index in [2.05, 4.69) is 6.92 Å². The zero-order valence-electron chi connectivity index (χ0n) is 9.45. The van der Waals surface area contributed by atoms with Crippen LogP contribution < -0.4 is 4.74 Å². The van der Waals surface area contributed by atoms with Crippen LogP contribution in [0.4, 0.5) is 0 Å². The van der Waals surface area contributed by atoms with Crippen molar-refractivity contribution in [2.75, 3.05) is 7.11 Å². The van der Waals surface area contributed by atoms with E-state index in [1.54, 1.807) is 14.0 Å². The predicted octanol–water partition coefficient (Wildman–Crippen LogP) is 3.02. The molecule has 0 spiro atoms. The van der Waals surface area contributed by atoms with E-state index in [1.165, 1.54) is 5.56 Å². The minimum atomic E-state index is -0.469. The van der Waals surface area contributed by atoms with Crippen LogP contribution in [-0.4, -0.2) is 13.2 Å². The third-order valence-corrected chi connectivity index (χ3v) is 2.47. The topological polar surface area (TPSA) is 29.1 Å². The summed E-state index contributed by atoms with van der Waals surface area (Å²) in [7, 11) is 1.65. The Morgan fingerprint density at radius 3 is 2.80 bits per heavy atom. The summed E-state index contributed by atoms with van der Waals surface area (Å²) >= 11 is 0. The van der Waals surface area contributed by atoms with Crippen molar-refractivity contribution >= 4 is 0 Å². The Kier molecular flexibility index (Phi) is 4.63. The molecule has 0 heterocycles. The summed E-state index contributed by atoms with van der Waals surface area (Å²) in [5.74, 6) is 0.854. The van der Waals surface area contributed by atoms with E-state index < -0.39 is 6.10 Å². The van der Waals surface area contributed by atoms with Gasteiger partial charge in [-0.25, -0.2) is 5.11 Å². The fourth-order valence-electron chi connectivity index (χ4n) is 1.54. The zero-order valence-corrected chi connectivity index (χ0v) is 9.45. The van der Waals surface area contributed by atoms with Crippen LogP contribution in [0.5, 0.6) is 5.75 Å². The van der Waals surface area contributed by atoms with Crippen LogP contribution in [0.25, 0.3) is 0 Å². The molecule has 1 unspecified atom stereocenters. The lowest BCUT2D eigenvalue weighted by Gasteiger charge is -2.08. The molecule has 2 heteroatoms. The first-order chi connectivity index (χ1) is 7.13. The smallest absolute Gasteiger partial charge is 0.119 e. The van der Waals surface area contributed by atoms with Crippen molar-refractivity contribution in [1.82, 2.24) is 0 Å². The molecule has 2 radical (unpaired) electrons. The van der Waals surface area contributed by atoms with Gasteiger partial charge in [-0.2, -0.15) is 0 Å². The molecule has 2 nitrogen and oxygen atoms in total. The third-order valence-electron chi connectivity index (χ3n) is 2.47. The molecule has 1 aromatic rings. The summed E-state index contributed by atoms with van der Waals surface area (Å²) in [5.41, 5.74) is 2.20. The largest absolute Gasteiger partial charge is 0.497 e. The fourth-order valence-corrected chi connectivity index (χ4v) is 1.54. The van der Waals surface area contributed by atoms with Gasteiger partial charge in [-0.05, 0) is 56.4 Å². The second-order valence-corrected chi connectivity index (χ2v) is 3.84. The normalized spacial score (nSPS) is 12.5. The number of ether oxygens (including phenoxy) is 1. The molecular formula is C13H18O2. The van der Waals surface area contributed by atoms with E-state index in [4.69, 9.17) is 4.74 Å². The quantitative estimate of drug-likeness (QED) is 0.728. The van der Waals surface area contributed by atoms with Crippen LogP contribution in [0.3, 0.4) is 0 Å². The lowest BCUT2D eigenvalue weighted by molar-refractivity contribution is 0.0958. The molecule has 82 valence electrons. The number of aryl methyl sites for hydroxylation is 1. The molecule has 0 fully saturated rings. The van der Waals surface area contributed by atoms with Gasteiger partial charge < -0.3 is 4.74 Å². The van der Waals surface area contributed by atoms with E-state index >= 15 is 0 Å². The molecule has 0 bridgehead atoms. The van der Waals surface area contributed by atoms with E-state index in [9.17, 15) is 5.11 Å². The second kappa shape index (κ2) is 5.76. The highest BCUT2D eigenvalue weighted by Gasteiger charge is 2.03. The molecule has 1 atom stereocenters. The van der Waals surface area contributed by atoms with Gasteiger partial charge in [-0.3, -0.25) is 0 Å². The molecule has 0 aliphatic heterocycles. The molecule has 0 aromatic heterocycles. The Hall–Kier alpha value is -1.02. The first-order valence-corrected chi connectivity index (χ1v) is 5.28. The van der Waals surface area contributed by atoms with Crippen LogP contribution in [0, 0.1) is 6.92 Å². The Labute approximate surface area is 91.9 Å². The van der Waals surface area contributed by atoms with E-state index in [0.29, 0.717) is 0 Å². The highest BCUT2D eigenvalue weighted by atomic mass is 16.5. The number of benzene rings is 1. The van der Waals surface area contributed by atoms with Crippen LogP contribution in [0.2, 0.25) is 0 Å². The van der Waals surface area contributed by atoms with Gasteiger partial charge in [-0.15, -0.1) is 0 Å². The molecule has 0 N–H and O–H groups in total. The van der Waals surface area contributed by atoms with Gasteiger partial charge in [0.15, 0.2) is 0 Å². The van der Waals surface area contributed by atoms with Gasteiger partial charge in [0.25, 0.3) is 0 Å². The maximum absolute atomic E-state index is 10.9. The Morgan fingerprint density at radius 1 is 1.47 bits per heavy atom. The minimum absolute atomic E-state index is 0.469. The fraction of sp³-hybridized carbons (Fsp3) is 0.462. The number of methoxy groups -OCH3 is 1. The summed E-state index contributed by atoms with van der Waals surface area (Å²) in [6.45, 7) is 5.67. The van der Waals surface area contributed by atoms with E-state index in [-0.39, 0.29) is 0 Å². The van der Waals surface area contributed by atoms with Crippen LogP contribution in [0.15, 0.2) is 18.2 Å². The molecule has 0 saturated carbocycles. The molecule has 0 amide bonds. The SMILES string of the molecule is [CH2]c1ccc(OC)cc1CCCC(C)[O]. The molecule has 0 aliphatic carbocycles. The maximum Gasteiger partial charge on any atom is 0.119 e. The summed E-state index contributed by atoms with van der Waals surface area (Å²) in [5, 5.41) is 10.9. The summed E-state index contributed by atoms with van der Waals surface area (Å²) < 4.78 is 5.15. The molecular weight excluding hydrogens is 188 g/mol. The average molecular weight is 206 g/mol. The Balaban J connectivity index is 2.59. The predicted molar refractivity (Wildman–Crippen MR) is 60.5 cm³/mol. The highest BCUT2D eigenvalue weighted by Crippen LogP contribution is 2.19. The number of hydrogen-bond acceptors (Lipinski definition) is 1. The van der Waals surface area contributed by atoms with Gasteiger partial charge in [0.05, 0.1) is 13.2 Å². The van der Waals surface area contributed by atoms with Gasteiger partial charge in [0, 0.05) is 0 Å². The molecule has 1 aromatic carbocycles. The van der Waals surface area contributed by atoms with Gasteiger partial charge in [0.2, 0.25) is 0 Å². The molecule has 0 aliphatic rings. The monoisotopic (exact) mass is 206 g/mol. The first kappa shape index (κ1) is 12.1. The van der Waals surface area contributed by atoms with Gasteiger partial charge in [0.1, 0.15) is 5.75 Å². The lowest BCUT2D eigenvalue weighted by Crippen LogP contribution is -1.99. The standard InChI is InChI=1S/C13H18O2/c1-10-7-8-13(15-3)9-12(10)6-4-5-11(2)14/h7-9,11H,1,4-6H2,2-3H3. The molecule has 1 rings (SSSR count). The summed E-state index contributed by atoms with van der Waals surface area (Å²) in [6, 6.07) is 5.86. The average Bonchev–Trinajstić information content (AvgIpc) is 2.20. The summed E-state index contributed by atoms with van der Waals surface area (Å²) in [6.07, 6.45) is 2.07. The van der Waals surface area contributed by atoms with Crippen LogP contribution in [0.1, 0.15) is 30.9 Å². The van der Waals surface area contributed by atoms with Crippen molar-refractivity contribution in [2.45, 2.75) is 32.3 Å². The minimum Gasteiger partial charge on any atom is -0.497 e. The van der Waals surface area contributed by atoms with Crippen LogP contribution in [-0.2, 0) is 11.5 Å². The van der Waals surface area contributed by atoms with Crippen molar-refractivity contribution in [3.8, 4) is 5.75 Å². The van der Waals surface area contributed by atoms with E-state index in [1.807, 2.05) is 18.2 Å². The van der Waals surface area contributed by atoms with Gasteiger partial charge >= 0.3 is 0 Å². The molecule has 15 heavy (non-hydrogen) atoms. The van der Waals surface area contributed by atoms with Crippen molar-refractivity contribution in [3.05, 3.63) is 36.2 Å². The summed E-state index contributed by atoms with van der Waals surface area (Å²) in [4.78, 5) is 0. The second-order valence-electron chi connectivity index (χ2n) is 3.84. The highest BCUT2D eigenvalue weighted by molar-refractivity contribution is 5.37. The Bertz CT molecular complexity index is 305. The number of hydrogen-bond donors (Lipinski definition) is 0. The maximum atomic E-state index is 10.9.